The Kier molecular flexibility index (Phi) is 13.0. The summed E-state index contributed by atoms with van der Waals surface area (Å²) in [6.07, 6.45) is 23.3. The topological polar surface area (TPSA) is 43.4 Å². The first-order valence-electron chi connectivity index (χ1n) is 14.6. The molecule has 1 aliphatic rings. The van der Waals surface area contributed by atoms with Gasteiger partial charge in [0.1, 0.15) is 17.3 Å². The summed E-state index contributed by atoms with van der Waals surface area (Å²) >= 11 is 0. The van der Waals surface area contributed by atoms with Crippen molar-refractivity contribution in [1.29, 1.82) is 0 Å². The zero-order chi connectivity index (χ0) is 27.0. The number of carbonyl (C=O) groups excluding carboxylic acids is 2. The predicted molar refractivity (Wildman–Crippen MR) is 154 cm³/mol. The van der Waals surface area contributed by atoms with Crippen LogP contribution in [0.3, 0.4) is 0 Å². The number of halogens is 1. The molecular weight excluding hydrogens is 475 g/mol. The van der Waals surface area contributed by atoms with Gasteiger partial charge in [0.2, 0.25) is 5.78 Å². The van der Waals surface area contributed by atoms with Crippen LogP contribution in [-0.2, 0) is 11.2 Å². The van der Waals surface area contributed by atoms with Crippen molar-refractivity contribution < 1.29 is 18.7 Å². The van der Waals surface area contributed by atoms with E-state index in [1.54, 1.807) is 30.3 Å². The van der Waals surface area contributed by atoms with E-state index in [0.717, 1.165) is 24.8 Å². The molecule has 0 spiro atoms. The molecule has 0 atom stereocenters. The van der Waals surface area contributed by atoms with Crippen molar-refractivity contribution in [2.75, 3.05) is 0 Å². The lowest BCUT2D eigenvalue weighted by atomic mass is 10.00. The van der Waals surface area contributed by atoms with Crippen molar-refractivity contribution in [3.8, 4) is 5.75 Å². The van der Waals surface area contributed by atoms with Crippen molar-refractivity contribution in [1.82, 2.24) is 0 Å². The van der Waals surface area contributed by atoms with Gasteiger partial charge in [-0.05, 0) is 73.6 Å². The lowest BCUT2D eigenvalue weighted by Crippen LogP contribution is -2.03. The van der Waals surface area contributed by atoms with E-state index in [4.69, 9.17) is 4.74 Å². The zero-order valence-electron chi connectivity index (χ0n) is 23.0. The van der Waals surface area contributed by atoms with Crippen LogP contribution in [0.2, 0.25) is 0 Å². The molecule has 0 unspecified atom stereocenters. The second-order valence-electron chi connectivity index (χ2n) is 10.4. The van der Waals surface area contributed by atoms with Crippen LogP contribution >= 0.6 is 0 Å². The highest BCUT2D eigenvalue weighted by atomic mass is 19.1. The molecule has 4 heteroatoms. The Bertz CT molecular complexity index is 1080. The summed E-state index contributed by atoms with van der Waals surface area (Å²) in [7, 11) is 0. The number of rotatable bonds is 18. The third kappa shape index (κ3) is 10.4. The van der Waals surface area contributed by atoms with Gasteiger partial charge in [0.05, 0.1) is 5.56 Å². The Morgan fingerprint density at radius 3 is 2.13 bits per heavy atom. The minimum Gasteiger partial charge on any atom is -0.452 e. The molecule has 1 heterocycles. The molecule has 0 N–H and O–H groups in total. The normalized spacial score (nSPS) is 13.8. The minimum absolute atomic E-state index is 0.205. The fourth-order valence-corrected chi connectivity index (χ4v) is 4.77. The molecule has 2 aromatic carbocycles. The molecule has 0 amide bonds. The first-order chi connectivity index (χ1) is 18.6. The van der Waals surface area contributed by atoms with Crippen LogP contribution in [0.25, 0.3) is 6.08 Å². The molecule has 38 heavy (non-hydrogen) atoms. The van der Waals surface area contributed by atoms with Crippen molar-refractivity contribution in [3.05, 3.63) is 82.9 Å². The Balaban J connectivity index is 1.27. The number of ether oxygens (including phenoxy) is 1. The maximum absolute atomic E-state index is 13.1. The Labute approximate surface area is 228 Å². The fraction of sp³-hybridized carbons (Fsp3) is 0.471. The lowest BCUT2D eigenvalue weighted by molar-refractivity contribution is -0.118. The maximum atomic E-state index is 13.1. The molecule has 0 fully saturated rings. The Hall–Kier alpha value is -3.01. The highest BCUT2D eigenvalue weighted by Gasteiger charge is 2.27. The predicted octanol–water partition coefficient (Wildman–Crippen LogP) is 9.59. The molecule has 0 saturated heterocycles. The average molecular weight is 519 g/mol. The van der Waals surface area contributed by atoms with Crippen LogP contribution in [0, 0.1) is 5.82 Å². The van der Waals surface area contributed by atoms with Gasteiger partial charge in [-0.25, -0.2) is 4.39 Å². The third-order valence-corrected chi connectivity index (χ3v) is 7.02. The van der Waals surface area contributed by atoms with E-state index in [1.807, 2.05) is 6.07 Å². The third-order valence-electron chi connectivity index (χ3n) is 7.02. The van der Waals surface area contributed by atoms with E-state index in [-0.39, 0.29) is 23.1 Å². The van der Waals surface area contributed by atoms with Gasteiger partial charge in [-0.3, -0.25) is 9.59 Å². The molecule has 0 saturated carbocycles. The van der Waals surface area contributed by atoms with E-state index in [0.29, 0.717) is 29.7 Å². The van der Waals surface area contributed by atoms with E-state index < -0.39 is 0 Å². The van der Waals surface area contributed by atoms with E-state index >= 15 is 0 Å². The maximum Gasteiger partial charge on any atom is 0.231 e. The van der Waals surface area contributed by atoms with Gasteiger partial charge >= 0.3 is 0 Å². The Morgan fingerprint density at radius 1 is 0.816 bits per heavy atom. The molecule has 0 aliphatic carbocycles. The van der Waals surface area contributed by atoms with Gasteiger partial charge in [-0.15, -0.1) is 0 Å². The van der Waals surface area contributed by atoms with Gasteiger partial charge in [-0.1, -0.05) is 88.6 Å². The lowest BCUT2D eigenvalue weighted by Gasteiger charge is -2.04. The van der Waals surface area contributed by atoms with Gasteiger partial charge in [0.25, 0.3) is 0 Å². The van der Waals surface area contributed by atoms with Gasteiger partial charge in [0.15, 0.2) is 5.76 Å². The van der Waals surface area contributed by atoms with Crippen LogP contribution in [0.1, 0.15) is 118 Å². The highest BCUT2D eigenvalue weighted by molar-refractivity contribution is 6.14. The number of carbonyl (C=O) groups is 2. The largest absolute Gasteiger partial charge is 0.452 e. The van der Waals surface area contributed by atoms with Crippen molar-refractivity contribution in [2.45, 2.75) is 103 Å². The second-order valence-corrected chi connectivity index (χ2v) is 10.4. The number of hydrogen-bond donors (Lipinski definition) is 0. The van der Waals surface area contributed by atoms with E-state index in [2.05, 4.69) is 19.1 Å². The summed E-state index contributed by atoms with van der Waals surface area (Å²) in [5.41, 5.74) is 2.00. The molecular formula is C34H43FO3. The van der Waals surface area contributed by atoms with Crippen molar-refractivity contribution in [2.24, 2.45) is 0 Å². The molecule has 1 aliphatic heterocycles. The molecule has 204 valence electrons. The van der Waals surface area contributed by atoms with Crippen LogP contribution in [0.15, 0.2) is 60.4 Å². The molecule has 0 aromatic heterocycles. The summed E-state index contributed by atoms with van der Waals surface area (Å²) in [6.45, 7) is 2.26. The van der Waals surface area contributed by atoms with Crippen molar-refractivity contribution in [3.63, 3.8) is 0 Å². The molecule has 0 radical (unpaired) electrons. The standard InChI is InChI=1S/C34H43FO3/c1-2-3-4-5-6-7-8-9-10-11-12-13-14-15-16-17-30(36)24-28-20-23-32-31(25-28)34(37)33(38-32)26-27-18-21-29(35)22-19-27/h9-10,18-23,25-26H,2-8,11-17,24H2,1H3/b10-9+,33-26-. The van der Waals surface area contributed by atoms with Crippen molar-refractivity contribution >= 4 is 17.6 Å². The van der Waals surface area contributed by atoms with Crippen LogP contribution in [0.5, 0.6) is 5.75 Å². The number of Topliss-reactive ketones (excluding diaryl/α,β-unsaturated/α-hetero) is 2. The number of allylic oxidation sites excluding steroid dienone is 3. The summed E-state index contributed by atoms with van der Waals surface area (Å²) in [5, 5.41) is 0. The summed E-state index contributed by atoms with van der Waals surface area (Å²) in [5.74, 6) is 0.372. The molecule has 2 aromatic rings. The number of ketones is 2. The number of unbranched alkanes of at least 4 members (excludes halogenated alkanes) is 11. The summed E-state index contributed by atoms with van der Waals surface area (Å²) in [6, 6.07) is 11.3. The second kappa shape index (κ2) is 16.8. The highest BCUT2D eigenvalue weighted by Crippen LogP contribution is 2.33. The molecule has 3 nitrogen and oxygen atoms in total. The Morgan fingerprint density at radius 2 is 1.45 bits per heavy atom. The van der Waals surface area contributed by atoms with E-state index in [1.165, 1.54) is 76.3 Å². The van der Waals surface area contributed by atoms with E-state index in [9.17, 15) is 14.0 Å². The van der Waals surface area contributed by atoms with Gasteiger partial charge < -0.3 is 4.74 Å². The summed E-state index contributed by atoms with van der Waals surface area (Å²) in [4.78, 5) is 25.3. The smallest absolute Gasteiger partial charge is 0.231 e. The number of benzene rings is 2. The first kappa shape index (κ1) is 29.5. The quantitative estimate of drug-likeness (QED) is 0.112. The monoisotopic (exact) mass is 518 g/mol. The molecule has 3 rings (SSSR count). The zero-order valence-corrected chi connectivity index (χ0v) is 23.0. The van der Waals surface area contributed by atoms with Gasteiger partial charge in [-0.2, -0.15) is 0 Å². The SMILES string of the molecule is CCCCCCCC/C=C/CCCCCCCC(=O)Cc1ccc2c(c1)C(=O)/C(=C/c1ccc(F)cc1)O2. The summed E-state index contributed by atoms with van der Waals surface area (Å²) < 4.78 is 18.8. The van der Waals surface area contributed by atoms with Crippen LogP contribution in [-0.4, -0.2) is 11.6 Å². The minimum atomic E-state index is -0.329. The first-order valence-corrected chi connectivity index (χ1v) is 14.6. The van der Waals surface area contributed by atoms with Gasteiger partial charge in [0, 0.05) is 12.8 Å². The molecule has 0 bridgehead atoms. The average Bonchev–Trinajstić information content (AvgIpc) is 3.22. The van der Waals surface area contributed by atoms with Crippen LogP contribution in [0.4, 0.5) is 4.39 Å². The van der Waals surface area contributed by atoms with Crippen LogP contribution < -0.4 is 4.74 Å². The number of fused-ring (bicyclic) bond motifs is 1. The number of hydrogen-bond acceptors (Lipinski definition) is 3. The fourth-order valence-electron chi connectivity index (χ4n) is 4.77.